The zero-order valence-electron chi connectivity index (χ0n) is 25.7. The molecule has 5 aromatic rings. The summed E-state index contributed by atoms with van der Waals surface area (Å²) in [6, 6.07) is 41.6. The first-order chi connectivity index (χ1) is 21.5. The van der Waals surface area contributed by atoms with E-state index in [0.717, 1.165) is 35.0 Å². The van der Waals surface area contributed by atoms with Gasteiger partial charge >= 0.3 is 0 Å². The molecule has 1 N–H and O–H groups in total. The van der Waals surface area contributed by atoms with E-state index >= 15 is 0 Å². The Balaban J connectivity index is 1.05. The van der Waals surface area contributed by atoms with Crippen molar-refractivity contribution in [3.63, 3.8) is 0 Å². The third kappa shape index (κ3) is 3.26. The van der Waals surface area contributed by atoms with Crippen LogP contribution in [0.3, 0.4) is 0 Å². The van der Waals surface area contributed by atoms with Crippen molar-refractivity contribution in [2.45, 2.75) is 56.8 Å². The fourth-order valence-corrected chi connectivity index (χ4v) is 11.0. The zero-order valence-corrected chi connectivity index (χ0v) is 25.7. The summed E-state index contributed by atoms with van der Waals surface area (Å²) < 4.78 is 0. The lowest BCUT2D eigenvalue weighted by Crippen LogP contribution is -2.55. The second-order valence-corrected chi connectivity index (χ2v) is 15.1. The van der Waals surface area contributed by atoms with Crippen LogP contribution in [0.15, 0.2) is 109 Å². The van der Waals surface area contributed by atoms with Crippen LogP contribution in [0.2, 0.25) is 0 Å². The third-order valence-electron chi connectivity index (χ3n) is 12.6. The molecule has 4 saturated carbocycles. The topological polar surface area (TPSA) is 12.0 Å². The molecule has 0 unspecified atom stereocenters. The Bertz CT molecular complexity index is 1950. The van der Waals surface area contributed by atoms with Gasteiger partial charge in [0.25, 0.3) is 0 Å². The number of fused-ring (bicyclic) bond motifs is 6. The van der Waals surface area contributed by atoms with E-state index in [4.69, 9.17) is 0 Å². The van der Waals surface area contributed by atoms with Crippen molar-refractivity contribution in [3.8, 4) is 33.4 Å². The minimum absolute atomic E-state index is 0.0666. The third-order valence-corrected chi connectivity index (χ3v) is 12.6. The maximum Gasteiger partial charge on any atom is 0.0387 e. The van der Waals surface area contributed by atoms with Gasteiger partial charge in [0.15, 0.2) is 0 Å². The Labute approximate surface area is 261 Å². The molecule has 216 valence electrons. The second kappa shape index (κ2) is 8.75. The molecule has 5 aromatic carbocycles. The predicted molar refractivity (Wildman–Crippen MR) is 182 cm³/mol. The highest BCUT2D eigenvalue weighted by molar-refractivity contribution is 5.88. The molecule has 0 saturated heterocycles. The van der Waals surface area contributed by atoms with Gasteiger partial charge in [-0.15, -0.1) is 0 Å². The van der Waals surface area contributed by atoms with Crippen LogP contribution in [0.5, 0.6) is 0 Å². The van der Waals surface area contributed by atoms with Gasteiger partial charge in [-0.2, -0.15) is 0 Å². The van der Waals surface area contributed by atoms with E-state index < -0.39 is 0 Å². The molecule has 4 bridgehead atoms. The number of rotatable bonds is 3. The first kappa shape index (κ1) is 25.2. The first-order valence-corrected chi connectivity index (χ1v) is 16.9. The van der Waals surface area contributed by atoms with E-state index in [1.165, 1.54) is 76.6 Å². The van der Waals surface area contributed by atoms with Crippen molar-refractivity contribution in [2.24, 2.45) is 23.7 Å². The van der Waals surface area contributed by atoms with Gasteiger partial charge in [-0.05, 0) is 148 Å². The van der Waals surface area contributed by atoms with Crippen LogP contribution < -0.4 is 5.32 Å². The van der Waals surface area contributed by atoms with E-state index in [-0.39, 0.29) is 10.8 Å². The van der Waals surface area contributed by atoms with E-state index in [1.54, 1.807) is 11.1 Å². The monoisotopic (exact) mass is 569 g/mol. The van der Waals surface area contributed by atoms with Crippen LogP contribution in [0.1, 0.15) is 68.2 Å². The average Bonchev–Trinajstić information content (AvgIpc) is 3.45. The molecule has 1 heteroatoms. The fraction of sp³-hybridized carbons (Fsp3) is 0.302. The number of para-hydroxylation sites is 1. The molecule has 44 heavy (non-hydrogen) atoms. The largest absolute Gasteiger partial charge is 0.356 e. The van der Waals surface area contributed by atoms with Crippen molar-refractivity contribution >= 4 is 11.4 Å². The molecule has 0 amide bonds. The maximum absolute atomic E-state index is 3.61. The standard InChI is InChI=1S/C43H39N/c1-42(2)40-24-29(12-15-35(40)36-16-14-33(25-41(36)42)44-32-8-4-3-5-9-32)28-13-17-39-37(23-28)34-10-6-7-11-38(34)43(39)30-19-26-18-27(21-30)22-31(43)20-26/h3-17,23-27,30-31,44H,18-22H2,1-2H3. The Morgan fingerprint density at radius 2 is 1.07 bits per heavy atom. The Morgan fingerprint density at radius 1 is 0.477 bits per heavy atom. The minimum atomic E-state index is -0.0666. The molecule has 1 spiro atoms. The van der Waals surface area contributed by atoms with Crippen LogP contribution in [-0.4, -0.2) is 0 Å². The van der Waals surface area contributed by atoms with E-state index in [1.807, 2.05) is 0 Å². The number of anilines is 2. The number of hydrogen-bond donors (Lipinski definition) is 1. The molecule has 11 rings (SSSR count). The van der Waals surface area contributed by atoms with Crippen LogP contribution in [-0.2, 0) is 10.8 Å². The summed E-state index contributed by atoms with van der Waals surface area (Å²) in [7, 11) is 0. The van der Waals surface area contributed by atoms with Gasteiger partial charge in [0.1, 0.15) is 0 Å². The summed E-state index contributed by atoms with van der Waals surface area (Å²) >= 11 is 0. The maximum atomic E-state index is 3.61. The summed E-state index contributed by atoms with van der Waals surface area (Å²) in [4.78, 5) is 0. The van der Waals surface area contributed by atoms with Gasteiger partial charge in [0.2, 0.25) is 0 Å². The van der Waals surface area contributed by atoms with Crippen LogP contribution in [0.4, 0.5) is 11.4 Å². The fourth-order valence-electron chi connectivity index (χ4n) is 11.0. The highest BCUT2D eigenvalue weighted by Crippen LogP contribution is 2.69. The average molecular weight is 570 g/mol. The lowest BCUT2D eigenvalue weighted by molar-refractivity contribution is -0.0399. The van der Waals surface area contributed by atoms with E-state index in [0.29, 0.717) is 0 Å². The Morgan fingerprint density at radius 3 is 1.84 bits per heavy atom. The van der Waals surface area contributed by atoms with Gasteiger partial charge in [-0.25, -0.2) is 0 Å². The molecule has 1 nitrogen and oxygen atoms in total. The normalized spacial score (nSPS) is 27.6. The summed E-state index contributed by atoms with van der Waals surface area (Å²) in [5.74, 6) is 3.57. The quantitative estimate of drug-likeness (QED) is 0.228. The Kier molecular flexibility index (Phi) is 5.02. The summed E-state index contributed by atoms with van der Waals surface area (Å²) in [6.07, 6.45) is 7.24. The SMILES string of the molecule is CC1(C)c2cc(Nc3ccccc3)ccc2-c2ccc(-c3ccc4c(c3)-c3ccccc3C43C4CC5CC(C4)CC3C5)cc21. The van der Waals surface area contributed by atoms with Gasteiger partial charge in [0, 0.05) is 22.2 Å². The number of nitrogens with one attached hydrogen (secondary N) is 1. The van der Waals surface area contributed by atoms with Crippen molar-refractivity contribution in [2.75, 3.05) is 5.32 Å². The Hall–Kier alpha value is -4.10. The zero-order chi connectivity index (χ0) is 29.2. The van der Waals surface area contributed by atoms with Crippen molar-refractivity contribution in [1.82, 2.24) is 0 Å². The molecule has 6 aliphatic carbocycles. The lowest BCUT2D eigenvalue weighted by Gasteiger charge is -2.61. The van der Waals surface area contributed by atoms with Gasteiger partial charge in [-0.3, -0.25) is 0 Å². The summed E-state index contributed by atoms with van der Waals surface area (Å²) in [6.45, 7) is 4.78. The number of benzene rings is 5. The van der Waals surface area contributed by atoms with Crippen LogP contribution in [0, 0.1) is 23.7 Å². The smallest absolute Gasteiger partial charge is 0.0387 e. The molecule has 0 radical (unpaired) electrons. The van der Waals surface area contributed by atoms with Gasteiger partial charge in [0.05, 0.1) is 0 Å². The van der Waals surface area contributed by atoms with Crippen LogP contribution in [0.25, 0.3) is 33.4 Å². The molecule has 6 aliphatic rings. The summed E-state index contributed by atoms with van der Waals surface area (Å²) in [5.41, 5.74) is 17.0. The minimum Gasteiger partial charge on any atom is -0.356 e. The van der Waals surface area contributed by atoms with E-state index in [9.17, 15) is 0 Å². The molecule has 4 fully saturated rings. The van der Waals surface area contributed by atoms with Crippen molar-refractivity contribution in [1.29, 1.82) is 0 Å². The van der Waals surface area contributed by atoms with Gasteiger partial charge < -0.3 is 5.32 Å². The van der Waals surface area contributed by atoms with Crippen molar-refractivity contribution in [3.05, 3.63) is 131 Å². The predicted octanol–water partition coefficient (Wildman–Crippen LogP) is 11.1. The van der Waals surface area contributed by atoms with Gasteiger partial charge in [-0.1, -0.05) is 86.6 Å². The van der Waals surface area contributed by atoms with Crippen LogP contribution >= 0.6 is 0 Å². The number of hydrogen-bond acceptors (Lipinski definition) is 1. The second-order valence-electron chi connectivity index (χ2n) is 15.1. The molecular weight excluding hydrogens is 530 g/mol. The molecule has 0 heterocycles. The molecule has 0 aliphatic heterocycles. The molecular formula is C43H39N. The summed E-state index contributed by atoms with van der Waals surface area (Å²) in [5, 5.41) is 3.61. The van der Waals surface area contributed by atoms with Crippen molar-refractivity contribution < 1.29 is 0 Å². The lowest BCUT2D eigenvalue weighted by atomic mass is 9.43. The first-order valence-electron chi connectivity index (χ1n) is 16.9. The van der Waals surface area contributed by atoms with E-state index in [2.05, 4.69) is 128 Å². The highest BCUT2D eigenvalue weighted by Gasteiger charge is 2.61. The molecule has 0 atom stereocenters. The highest BCUT2D eigenvalue weighted by atomic mass is 14.9. The molecule has 0 aromatic heterocycles.